The number of carbonyl (C=O) groups excluding carboxylic acids is 2. The van der Waals surface area contributed by atoms with Crippen molar-refractivity contribution in [2.45, 2.75) is 39.2 Å². The molecule has 180 valence electrons. The van der Waals surface area contributed by atoms with Gasteiger partial charge < -0.3 is 19.7 Å². The van der Waals surface area contributed by atoms with E-state index in [0.29, 0.717) is 36.8 Å². The van der Waals surface area contributed by atoms with Gasteiger partial charge in [-0.1, -0.05) is 0 Å². The molecule has 0 aliphatic carbocycles. The predicted octanol–water partition coefficient (Wildman–Crippen LogP) is 4.18. The van der Waals surface area contributed by atoms with E-state index in [1.165, 1.54) is 22.7 Å². The molecule has 0 bridgehead atoms. The third-order valence-electron chi connectivity index (χ3n) is 5.85. The molecule has 0 unspecified atom stereocenters. The molecule has 10 heteroatoms. The molecule has 0 saturated carbocycles. The Morgan fingerprint density at radius 1 is 1.09 bits per heavy atom. The van der Waals surface area contributed by atoms with E-state index < -0.39 is 0 Å². The number of aryl methyl sites for hydroxylation is 2. The number of hydrogen-bond donors (Lipinski definition) is 1. The fraction of sp³-hybridized carbons (Fsp3) is 0.417. The Bertz CT molecular complexity index is 1160. The predicted molar refractivity (Wildman–Crippen MR) is 132 cm³/mol. The second-order valence-electron chi connectivity index (χ2n) is 8.19. The standard InChI is InChI=1S/C24H28N4O4S2/c1-14-21(34-15(2)26-14)24(30)28-7-5-17(6-8-28)23-27-20(13-33-23)22(29)25-12-16-9-18(31-3)11-19(10-16)32-4/h9-11,13,17H,5-8,12H2,1-4H3,(H,25,29). The third kappa shape index (κ3) is 5.39. The van der Waals surface area contributed by atoms with E-state index in [9.17, 15) is 9.59 Å². The van der Waals surface area contributed by atoms with Gasteiger partial charge in [0.05, 0.1) is 29.9 Å². The summed E-state index contributed by atoms with van der Waals surface area (Å²) >= 11 is 2.96. The van der Waals surface area contributed by atoms with Crippen LogP contribution in [0.15, 0.2) is 23.6 Å². The normalized spacial score (nSPS) is 14.2. The van der Waals surface area contributed by atoms with Crippen molar-refractivity contribution in [1.29, 1.82) is 0 Å². The highest BCUT2D eigenvalue weighted by atomic mass is 32.1. The highest BCUT2D eigenvalue weighted by molar-refractivity contribution is 7.13. The van der Waals surface area contributed by atoms with Crippen LogP contribution in [0.2, 0.25) is 0 Å². The SMILES string of the molecule is COc1cc(CNC(=O)c2csc(C3CCN(C(=O)c4sc(C)nc4C)CC3)n2)cc(OC)c1. The van der Waals surface area contributed by atoms with Gasteiger partial charge in [0.1, 0.15) is 22.1 Å². The third-order valence-corrected chi connectivity index (χ3v) is 7.92. The van der Waals surface area contributed by atoms with Crippen molar-refractivity contribution in [2.24, 2.45) is 0 Å². The minimum atomic E-state index is -0.215. The molecule has 0 atom stereocenters. The Morgan fingerprint density at radius 3 is 2.35 bits per heavy atom. The Morgan fingerprint density at radius 2 is 1.76 bits per heavy atom. The Kier molecular flexibility index (Phi) is 7.47. The van der Waals surface area contributed by atoms with E-state index in [-0.39, 0.29) is 17.7 Å². The number of methoxy groups -OCH3 is 2. The maximum Gasteiger partial charge on any atom is 0.271 e. The van der Waals surface area contributed by atoms with Gasteiger partial charge in [-0.25, -0.2) is 9.97 Å². The first-order chi connectivity index (χ1) is 16.4. The van der Waals surface area contributed by atoms with Gasteiger partial charge in [-0.2, -0.15) is 0 Å². The van der Waals surface area contributed by atoms with Crippen molar-refractivity contribution in [3.8, 4) is 11.5 Å². The molecule has 4 rings (SSSR count). The van der Waals surface area contributed by atoms with Crippen LogP contribution in [0.5, 0.6) is 11.5 Å². The van der Waals surface area contributed by atoms with Crippen LogP contribution in [-0.2, 0) is 6.54 Å². The number of amides is 2. The van der Waals surface area contributed by atoms with E-state index in [4.69, 9.17) is 9.47 Å². The number of rotatable bonds is 7. The molecule has 1 aromatic carbocycles. The first-order valence-electron chi connectivity index (χ1n) is 11.1. The van der Waals surface area contributed by atoms with Gasteiger partial charge >= 0.3 is 0 Å². The zero-order valence-corrected chi connectivity index (χ0v) is 21.3. The van der Waals surface area contributed by atoms with Gasteiger partial charge in [-0.15, -0.1) is 22.7 Å². The summed E-state index contributed by atoms with van der Waals surface area (Å²) in [4.78, 5) is 37.1. The number of carbonyl (C=O) groups is 2. The Labute approximate surface area is 206 Å². The molecule has 1 saturated heterocycles. The van der Waals surface area contributed by atoms with Crippen LogP contribution in [0.4, 0.5) is 0 Å². The molecular formula is C24H28N4O4S2. The summed E-state index contributed by atoms with van der Waals surface area (Å²) in [5.74, 6) is 1.44. The van der Waals surface area contributed by atoms with Gasteiger partial charge in [0.25, 0.3) is 11.8 Å². The quantitative estimate of drug-likeness (QED) is 0.523. The molecule has 1 aliphatic rings. The molecule has 1 N–H and O–H groups in total. The lowest BCUT2D eigenvalue weighted by Gasteiger charge is -2.30. The highest BCUT2D eigenvalue weighted by Crippen LogP contribution is 2.32. The molecule has 0 radical (unpaired) electrons. The summed E-state index contributed by atoms with van der Waals surface area (Å²) in [5, 5.41) is 6.58. The molecule has 2 aromatic heterocycles. The summed E-state index contributed by atoms with van der Waals surface area (Å²) in [6.45, 7) is 5.51. The number of nitrogens with zero attached hydrogens (tertiary/aromatic N) is 3. The van der Waals surface area contributed by atoms with E-state index >= 15 is 0 Å². The monoisotopic (exact) mass is 500 g/mol. The minimum Gasteiger partial charge on any atom is -0.497 e. The second-order valence-corrected chi connectivity index (χ2v) is 10.3. The van der Waals surface area contributed by atoms with Crippen molar-refractivity contribution in [3.63, 3.8) is 0 Å². The fourth-order valence-corrected chi connectivity index (χ4v) is 5.88. The van der Waals surface area contributed by atoms with Crippen molar-refractivity contribution in [1.82, 2.24) is 20.2 Å². The number of aromatic nitrogens is 2. The number of piperidine rings is 1. The van der Waals surface area contributed by atoms with Gasteiger partial charge in [0, 0.05) is 37.0 Å². The zero-order chi connectivity index (χ0) is 24.2. The van der Waals surface area contributed by atoms with Crippen LogP contribution >= 0.6 is 22.7 Å². The summed E-state index contributed by atoms with van der Waals surface area (Å²) < 4.78 is 10.6. The van der Waals surface area contributed by atoms with Crippen molar-refractivity contribution in [2.75, 3.05) is 27.3 Å². The molecule has 1 aliphatic heterocycles. The van der Waals surface area contributed by atoms with Crippen LogP contribution in [0, 0.1) is 13.8 Å². The Balaban J connectivity index is 1.32. The van der Waals surface area contributed by atoms with E-state index in [1.807, 2.05) is 30.9 Å². The lowest BCUT2D eigenvalue weighted by atomic mass is 9.97. The summed E-state index contributed by atoms with van der Waals surface area (Å²) in [5.41, 5.74) is 2.10. The summed E-state index contributed by atoms with van der Waals surface area (Å²) in [6, 6.07) is 5.51. The molecule has 8 nitrogen and oxygen atoms in total. The maximum atomic E-state index is 12.9. The number of nitrogens with one attached hydrogen (secondary N) is 1. The smallest absolute Gasteiger partial charge is 0.271 e. The lowest BCUT2D eigenvalue weighted by molar-refractivity contribution is 0.0717. The van der Waals surface area contributed by atoms with Crippen LogP contribution in [0.1, 0.15) is 60.2 Å². The van der Waals surface area contributed by atoms with E-state index in [0.717, 1.165) is 39.0 Å². The molecule has 3 aromatic rings. The van der Waals surface area contributed by atoms with Gasteiger partial charge in [-0.3, -0.25) is 9.59 Å². The van der Waals surface area contributed by atoms with Gasteiger partial charge in [0.2, 0.25) is 0 Å². The topological polar surface area (TPSA) is 93.7 Å². The van der Waals surface area contributed by atoms with Crippen molar-refractivity contribution >= 4 is 34.5 Å². The molecule has 1 fully saturated rings. The van der Waals surface area contributed by atoms with Crippen LogP contribution in [-0.4, -0.2) is 54.0 Å². The van der Waals surface area contributed by atoms with Crippen molar-refractivity contribution < 1.29 is 19.1 Å². The first-order valence-corrected chi connectivity index (χ1v) is 12.8. The highest BCUT2D eigenvalue weighted by Gasteiger charge is 2.28. The molecule has 3 heterocycles. The van der Waals surface area contributed by atoms with E-state index in [2.05, 4.69) is 15.3 Å². The lowest BCUT2D eigenvalue weighted by Crippen LogP contribution is -2.37. The van der Waals surface area contributed by atoms with Crippen LogP contribution in [0.25, 0.3) is 0 Å². The molecule has 0 spiro atoms. The largest absolute Gasteiger partial charge is 0.497 e. The average Bonchev–Trinajstić information content (AvgIpc) is 3.48. The second kappa shape index (κ2) is 10.5. The minimum absolute atomic E-state index is 0.0647. The fourth-order valence-electron chi connectivity index (χ4n) is 4.02. The molecular weight excluding hydrogens is 472 g/mol. The van der Waals surface area contributed by atoms with E-state index in [1.54, 1.807) is 25.7 Å². The maximum absolute atomic E-state index is 12.9. The summed E-state index contributed by atoms with van der Waals surface area (Å²) in [7, 11) is 3.19. The molecule has 2 amide bonds. The number of likely N-dealkylation sites (tertiary alicyclic amines) is 1. The molecule has 34 heavy (non-hydrogen) atoms. The average molecular weight is 501 g/mol. The van der Waals surface area contributed by atoms with Gasteiger partial charge in [0.15, 0.2) is 0 Å². The Hall–Kier alpha value is -2.98. The van der Waals surface area contributed by atoms with Crippen molar-refractivity contribution in [3.05, 3.63) is 55.4 Å². The number of benzene rings is 1. The summed E-state index contributed by atoms with van der Waals surface area (Å²) in [6.07, 6.45) is 1.67. The van der Waals surface area contributed by atoms with Gasteiger partial charge in [-0.05, 0) is 44.4 Å². The zero-order valence-electron chi connectivity index (χ0n) is 19.7. The first kappa shape index (κ1) is 24.2. The van der Waals surface area contributed by atoms with Crippen LogP contribution in [0.3, 0.4) is 0 Å². The number of hydrogen-bond acceptors (Lipinski definition) is 8. The number of ether oxygens (including phenoxy) is 2. The number of thiazole rings is 2. The van der Waals surface area contributed by atoms with Crippen LogP contribution < -0.4 is 14.8 Å².